The van der Waals surface area contributed by atoms with Gasteiger partial charge in [0.05, 0.1) is 5.92 Å². The number of oxime groups is 1. The minimum Gasteiger partial charge on any atom is -0.409 e. The first-order valence-corrected chi connectivity index (χ1v) is 6.80. The summed E-state index contributed by atoms with van der Waals surface area (Å²) in [6.07, 6.45) is 4.38. The fraction of sp³-hybridized carbons (Fsp3) is 0.800. The summed E-state index contributed by atoms with van der Waals surface area (Å²) >= 11 is 1.74. The Morgan fingerprint density at radius 2 is 2.31 bits per heavy atom. The number of amidine groups is 1. The van der Waals surface area contributed by atoms with Crippen LogP contribution in [-0.2, 0) is 4.79 Å². The first-order chi connectivity index (χ1) is 7.67. The Hall–Kier alpha value is -0.910. The number of hydrogen-bond acceptors (Lipinski definition) is 4. The molecular formula is C10H21N3O2S. The second-order valence-electron chi connectivity index (χ2n) is 3.50. The molecule has 0 fully saturated rings. The van der Waals surface area contributed by atoms with Crippen LogP contribution in [0.5, 0.6) is 0 Å². The van der Waals surface area contributed by atoms with Gasteiger partial charge >= 0.3 is 0 Å². The summed E-state index contributed by atoms with van der Waals surface area (Å²) in [5, 5.41) is 14.3. The number of amides is 1. The fourth-order valence-corrected chi connectivity index (χ4v) is 1.76. The van der Waals surface area contributed by atoms with E-state index in [4.69, 9.17) is 10.9 Å². The van der Waals surface area contributed by atoms with Crippen LogP contribution in [0.3, 0.4) is 0 Å². The van der Waals surface area contributed by atoms with Gasteiger partial charge in [0.1, 0.15) is 0 Å². The van der Waals surface area contributed by atoms with Crippen molar-refractivity contribution in [3.63, 3.8) is 0 Å². The Bertz CT molecular complexity index is 234. The molecule has 1 amide bonds. The van der Waals surface area contributed by atoms with Gasteiger partial charge in [-0.25, -0.2) is 0 Å². The summed E-state index contributed by atoms with van der Waals surface area (Å²) in [4.78, 5) is 11.7. The van der Waals surface area contributed by atoms with Gasteiger partial charge < -0.3 is 16.3 Å². The van der Waals surface area contributed by atoms with Crippen LogP contribution in [0.25, 0.3) is 0 Å². The maximum Gasteiger partial charge on any atom is 0.230 e. The molecule has 6 heteroatoms. The first kappa shape index (κ1) is 15.1. The second kappa shape index (κ2) is 9.33. The van der Waals surface area contributed by atoms with Crippen LogP contribution in [0, 0.1) is 5.92 Å². The molecule has 0 saturated carbocycles. The zero-order valence-corrected chi connectivity index (χ0v) is 10.7. The molecule has 1 atom stereocenters. The van der Waals surface area contributed by atoms with Crippen LogP contribution in [0.1, 0.15) is 26.2 Å². The Labute approximate surface area is 101 Å². The lowest BCUT2D eigenvalue weighted by molar-refractivity contribution is -0.123. The van der Waals surface area contributed by atoms with Gasteiger partial charge in [-0.1, -0.05) is 18.5 Å². The number of hydrogen-bond donors (Lipinski definition) is 3. The average molecular weight is 247 g/mol. The molecule has 4 N–H and O–H groups in total. The Morgan fingerprint density at radius 3 is 2.81 bits per heavy atom. The van der Waals surface area contributed by atoms with Gasteiger partial charge in [-0.15, -0.1) is 0 Å². The van der Waals surface area contributed by atoms with E-state index >= 15 is 0 Å². The number of thioether (sulfide) groups is 1. The van der Waals surface area contributed by atoms with Crippen LogP contribution < -0.4 is 11.1 Å². The summed E-state index contributed by atoms with van der Waals surface area (Å²) in [5.74, 6) is 0.342. The van der Waals surface area contributed by atoms with Crippen molar-refractivity contribution in [1.29, 1.82) is 0 Å². The maximum atomic E-state index is 11.7. The lowest BCUT2D eigenvalue weighted by atomic mass is 10.0. The molecule has 16 heavy (non-hydrogen) atoms. The largest absolute Gasteiger partial charge is 0.409 e. The molecular weight excluding hydrogens is 226 g/mol. The molecule has 0 rings (SSSR count). The quantitative estimate of drug-likeness (QED) is 0.196. The highest BCUT2D eigenvalue weighted by Crippen LogP contribution is 2.06. The lowest BCUT2D eigenvalue weighted by Crippen LogP contribution is -2.39. The molecule has 0 aliphatic heterocycles. The second-order valence-corrected chi connectivity index (χ2v) is 4.49. The van der Waals surface area contributed by atoms with Crippen molar-refractivity contribution in [1.82, 2.24) is 5.32 Å². The molecule has 94 valence electrons. The van der Waals surface area contributed by atoms with E-state index in [1.165, 1.54) is 0 Å². The van der Waals surface area contributed by atoms with E-state index in [0.717, 1.165) is 18.6 Å². The van der Waals surface area contributed by atoms with Crippen molar-refractivity contribution < 1.29 is 10.0 Å². The molecule has 5 nitrogen and oxygen atoms in total. The third kappa shape index (κ3) is 5.85. The number of carbonyl (C=O) groups is 1. The van der Waals surface area contributed by atoms with Gasteiger partial charge in [0.2, 0.25) is 5.91 Å². The predicted molar refractivity (Wildman–Crippen MR) is 67.8 cm³/mol. The van der Waals surface area contributed by atoms with E-state index < -0.39 is 5.92 Å². The maximum absolute atomic E-state index is 11.7. The molecule has 0 saturated heterocycles. The number of nitrogens with zero attached hydrogens (tertiary/aromatic N) is 1. The third-order valence-corrected chi connectivity index (χ3v) is 2.89. The van der Waals surface area contributed by atoms with Crippen molar-refractivity contribution in [3.05, 3.63) is 0 Å². The smallest absolute Gasteiger partial charge is 0.230 e. The molecule has 0 aromatic heterocycles. The van der Waals surface area contributed by atoms with Gasteiger partial charge in [-0.3, -0.25) is 4.79 Å². The Morgan fingerprint density at radius 1 is 1.62 bits per heavy atom. The topological polar surface area (TPSA) is 87.7 Å². The summed E-state index contributed by atoms with van der Waals surface area (Å²) in [7, 11) is 0. The monoisotopic (exact) mass is 247 g/mol. The van der Waals surface area contributed by atoms with Crippen LogP contribution in [0.2, 0.25) is 0 Å². The summed E-state index contributed by atoms with van der Waals surface area (Å²) < 4.78 is 0. The van der Waals surface area contributed by atoms with E-state index in [1.54, 1.807) is 11.8 Å². The first-order valence-electron chi connectivity index (χ1n) is 5.41. The van der Waals surface area contributed by atoms with Crippen LogP contribution >= 0.6 is 11.8 Å². The molecule has 1 unspecified atom stereocenters. The van der Waals surface area contributed by atoms with Crippen LogP contribution in [0.4, 0.5) is 0 Å². The minimum absolute atomic E-state index is 0.00998. The summed E-state index contributed by atoms with van der Waals surface area (Å²) in [6, 6.07) is 0. The van der Waals surface area contributed by atoms with Crippen molar-refractivity contribution in [2.45, 2.75) is 26.2 Å². The van der Waals surface area contributed by atoms with Gasteiger partial charge in [0.15, 0.2) is 5.84 Å². The van der Waals surface area contributed by atoms with Crippen molar-refractivity contribution in [3.8, 4) is 0 Å². The Balaban J connectivity index is 4.07. The highest BCUT2D eigenvalue weighted by molar-refractivity contribution is 7.98. The third-order valence-electron chi connectivity index (χ3n) is 2.19. The molecule has 0 aliphatic rings. The van der Waals surface area contributed by atoms with Gasteiger partial charge in [-0.2, -0.15) is 11.8 Å². The molecule has 0 spiro atoms. The van der Waals surface area contributed by atoms with Crippen molar-refractivity contribution >= 4 is 23.5 Å². The molecule has 0 aromatic rings. The van der Waals surface area contributed by atoms with Crippen LogP contribution in [-0.4, -0.2) is 35.5 Å². The lowest BCUT2D eigenvalue weighted by Gasteiger charge is -2.14. The molecule has 0 aromatic carbocycles. The molecule has 0 bridgehead atoms. The molecule has 0 aliphatic carbocycles. The van der Waals surface area contributed by atoms with Crippen LogP contribution in [0.15, 0.2) is 5.16 Å². The van der Waals surface area contributed by atoms with Gasteiger partial charge in [-0.05, 0) is 24.9 Å². The normalized spacial score (nSPS) is 13.5. The van der Waals surface area contributed by atoms with E-state index in [9.17, 15) is 4.79 Å². The van der Waals surface area contributed by atoms with E-state index in [0.29, 0.717) is 13.0 Å². The van der Waals surface area contributed by atoms with E-state index in [1.807, 2.05) is 13.2 Å². The number of rotatable bonds is 8. The fourth-order valence-electron chi connectivity index (χ4n) is 1.32. The average Bonchev–Trinajstić information content (AvgIpc) is 2.30. The summed E-state index contributed by atoms with van der Waals surface area (Å²) in [5.41, 5.74) is 5.47. The minimum atomic E-state index is -0.510. The number of carbonyl (C=O) groups excluding carboxylic acids is 1. The summed E-state index contributed by atoms with van der Waals surface area (Å²) in [6.45, 7) is 2.59. The van der Waals surface area contributed by atoms with E-state index in [2.05, 4.69) is 10.5 Å². The highest BCUT2D eigenvalue weighted by Gasteiger charge is 2.21. The van der Waals surface area contributed by atoms with Crippen molar-refractivity contribution in [2.75, 3.05) is 18.6 Å². The van der Waals surface area contributed by atoms with E-state index in [-0.39, 0.29) is 11.7 Å². The standard InChI is InChI=1S/C10H21N3O2S/c1-3-5-8(9(11)13-15)10(14)12-6-4-7-16-2/h8,15H,3-7H2,1-2H3,(H2,11,13)(H,12,14). The van der Waals surface area contributed by atoms with Gasteiger partial charge in [0, 0.05) is 6.54 Å². The Kier molecular flexibility index (Phi) is 8.80. The number of nitrogens with two attached hydrogens (primary N) is 1. The SMILES string of the molecule is CCCC(C(=O)NCCCSC)C(N)=NO. The zero-order valence-electron chi connectivity index (χ0n) is 9.90. The molecule has 0 radical (unpaired) electrons. The highest BCUT2D eigenvalue weighted by atomic mass is 32.2. The predicted octanol–water partition coefficient (Wildman–Crippen LogP) is 1.02. The number of nitrogens with one attached hydrogen (secondary N) is 1. The zero-order chi connectivity index (χ0) is 12.4. The molecule has 0 heterocycles. The van der Waals surface area contributed by atoms with Gasteiger partial charge in [0.25, 0.3) is 0 Å². The van der Waals surface area contributed by atoms with Crippen molar-refractivity contribution in [2.24, 2.45) is 16.8 Å².